The Bertz CT molecular complexity index is 2380. The fourth-order valence-corrected chi connectivity index (χ4v) is 7.30. The summed E-state index contributed by atoms with van der Waals surface area (Å²) < 4.78 is 6.56. The molecule has 1 heterocycles. The van der Waals surface area contributed by atoms with Crippen molar-refractivity contribution in [2.45, 2.75) is 12.3 Å². The van der Waals surface area contributed by atoms with Crippen LogP contribution in [0.15, 0.2) is 156 Å². The molecule has 0 fully saturated rings. The van der Waals surface area contributed by atoms with Gasteiger partial charge in [0.25, 0.3) is 0 Å². The molecule has 0 radical (unpaired) electrons. The van der Waals surface area contributed by atoms with E-state index in [1.807, 2.05) is 0 Å². The molecule has 0 spiro atoms. The van der Waals surface area contributed by atoms with Crippen molar-refractivity contribution in [1.82, 2.24) is 0 Å². The lowest BCUT2D eigenvalue weighted by Gasteiger charge is -2.19. The molecule has 0 aliphatic heterocycles. The molecule has 0 saturated heterocycles. The molecule has 1 heteroatoms. The van der Waals surface area contributed by atoms with E-state index in [0.29, 0.717) is 5.92 Å². The highest BCUT2D eigenvalue weighted by Gasteiger charge is 2.23. The van der Waals surface area contributed by atoms with Gasteiger partial charge in [-0.15, -0.1) is 0 Å². The second kappa shape index (κ2) is 9.58. The summed E-state index contributed by atoms with van der Waals surface area (Å²) in [5.74, 6) is 0.325. The molecule has 43 heavy (non-hydrogen) atoms. The Balaban J connectivity index is 1.41. The maximum atomic E-state index is 6.56. The third-order valence-corrected chi connectivity index (χ3v) is 9.17. The average molecular weight is 549 g/mol. The van der Waals surface area contributed by atoms with E-state index in [4.69, 9.17) is 4.42 Å². The molecule has 1 nitrogen and oxygen atoms in total. The molecule has 0 saturated carbocycles. The van der Waals surface area contributed by atoms with E-state index in [-0.39, 0.29) is 0 Å². The molecule has 7 aromatic carbocycles. The number of fused-ring (bicyclic) bond motifs is 6. The fourth-order valence-electron chi connectivity index (χ4n) is 7.30. The van der Waals surface area contributed by atoms with Crippen molar-refractivity contribution in [2.75, 3.05) is 0 Å². The van der Waals surface area contributed by atoms with E-state index >= 15 is 0 Å². The Morgan fingerprint density at radius 1 is 0.512 bits per heavy atom. The van der Waals surface area contributed by atoms with E-state index in [9.17, 15) is 0 Å². The highest BCUT2D eigenvalue weighted by Crippen LogP contribution is 2.48. The Labute approximate surface area is 250 Å². The quantitative estimate of drug-likeness (QED) is 0.200. The third kappa shape index (κ3) is 3.72. The summed E-state index contributed by atoms with van der Waals surface area (Å²) >= 11 is 0. The smallest absolute Gasteiger partial charge is 0.136 e. The van der Waals surface area contributed by atoms with Gasteiger partial charge in [-0.3, -0.25) is 0 Å². The summed E-state index contributed by atoms with van der Waals surface area (Å²) in [5, 5.41) is 9.97. The van der Waals surface area contributed by atoms with Crippen LogP contribution >= 0.6 is 0 Å². The first kappa shape index (κ1) is 24.2. The van der Waals surface area contributed by atoms with Crippen molar-refractivity contribution in [3.63, 3.8) is 0 Å². The van der Waals surface area contributed by atoms with Gasteiger partial charge in [-0.25, -0.2) is 0 Å². The zero-order valence-corrected chi connectivity index (χ0v) is 23.6. The summed E-state index contributed by atoms with van der Waals surface area (Å²) in [6.45, 7) is 0. The molecule has 1 unspecified atom stereocenters. The van der Waals surface area contributed by atoms with Crippen molar-refractivity contribution in [3.05, 3.63) is 157 Å². The highest BCUT2D eigenvalue weighted by molar-refractivity contribution is 6.26. The summed E-state index contributed by atoms with van der Waals surface area (Å²) in [6, 6.07) is 46.4. The Morgan fingerprint density at radius 3 is 1.88 bits per heavy atom. The first-order valence-electron chi connectivity index (χ1n) is 15.1. The third-order valence-electron chi connectivity index (χ3n) is 9.17. The van der Waals surface area contributed by atoms with E-state index in [1.54, 1.807) is 0 Å². The van der Waals surface area contributed by atoms with Gasteiger partial charge in [0.05, 0.1) is 0 Å². The molecule has 9 rings (SSSR count). The van der Waals surface area contributed by atoms with Gasteiger partial charge >= 0.3 is 0 Å². The SMILES string of the molecule is C1=CCC(c2cccc3oc4cccc(-c5c6ccccc6c(-c6ccc7ccccc7c6)c6ccccc56)c4c23)C=C1. The topological polar surface area (TPSA) is 13.1 Å². The van der Waals surface area contributed by atoms with Gasteiger partial charge < -0.3 is 4.42 Å². The summed E-state index contributed by atoms with van der Waals surface area (Å²) in [5.41, 5.74) is 8.21. The van der Waals surface area contributed by atoms with Gasteiger partial charge in [0.15, 0.2) is 0 Å². The van der Waals surface area contributed by atoms with E-state index in [2.05, 4.69) is 152 Å². The van der Waals surface area contributed by atoms with Gasteiger partial charge in [0, 0.05) is 16.7 Å². The Morgan fingerprint density at radius 2 is 1.16 bits per heavy atom. The van der Waals surface area contributed by atoms with Crippen LogP contribution in [0.1, 0.15) is 17.9 Å². The summed E-state index contributed by atoms with van der Waals surface area (Å²) in [6.07, 6.45) is 9.89. The molecular weight excluding hydrogens is 520 g/mol. The van der Waals surface area contributed by atoms with Crippen LogP contribution in [0.3, 0.4) is 0 Å². The van der Waals surface area contributed by atoms with Crippen LogP contribution in [0.4, 0.5) is 0 Å². The summed E-state index contributed by atoms with van der Waals surface area (Å²) in [4.78, 5) is 0. The van der Waals surface area contributed by atoms with Gasteiger partial charge in [-0.05, 0) is 84.8 Å². The van der Waals surface area contributed by atoms with Crippen LogP contribution in [0, 0.1) is 0 Å². The molecule has 1 atom stereocenters. The number of hydrogen-bond acceptors (Lipinski definition) is 1. The number of rotatable bonds is 3. The second-order valence-corrected chi connectivity index (χ2v) is 11.6. The predicted octanol–water partition coefficient (Wildman–Crippen LogP) is 12.0. The number of furan rings is 1. The zero-order chi connectivity index (χ0) is 28.3. The maximum absolute atomic E-state index is 6.56. The minimum atomic E-state index is 0.325. The normalized spacial score (nSPS) is 14.9. The molecule has 1 aromatic heterocycles. The van der Waals surface area contributed by atoms with Crippen LogP contribution in [0.25, 0.3) is 76.5 Å². The van der Waals surface area contributed by atoms with E-state index in [0.717, 1.165) is 17.6 Å². The van der Waals surface area contributed by atoms with Crippen molar-refractivity contribution < 1.29 is 4.42 Å². The molecule has 8 aromatic rings. The van der Waals surface area contributed by atoms with Crippen LogP contribution in [0.2, 0.25) is 0 Å². The van der Waals surface area contributed by atoms with E-state index < -0.39 is 0 Å². The molecule has 0 N–H and O–H groups in total. The van der Waals surface area contributed by atoms with Gasteiger partial charge in [0.2, 0.25) is 0 Å². The zero-order valence-electron chi connectivity index (χ0n) is 23.6. The minimum absolute atomic E-state index is 0.325. The average Bonchev–Trinajstić information content (AvgIpc) is 3.47. The fraction of sp³-hybridized carbons (Fsp3) is 0.0476. The number of benzene rings is 7. The summed E-state index contributed by atoms with van der Waals surface area (Å²) in [7, 11) is 0. The van der Waals surface area contributed by atoms with Gasteiger partial charge in [-0.1, -0.05) is 133 Å². The van der Waals surface area contributed by atoms with Gasteiger partial charge in [-0.2, -0.15) is 0 Å². The Hall–Kier alpha value is -5.40. The largest absolute Gasteiger partial charge is 0.456 e. The first-order valence-corrected chi connectivity index (χ1v) is 15.1. The van der Waals surface area contributed by atoms with Crippen LogP contribution in [-0.2, 0) is 0 Å². The number of hydrogen-bond donors (Lipinski definition) is 0. The highest BCUT2D eigenvalue weighted by atomic mass is 16.3. The van der Waals surface area contributed by atoms with Gasteiger partial charge in [0.1, 0.15) is 11.2 Å². The van der Waals surface area contributed by atoms with Crippen LogP contribution in [0.5, 0.6) is 0 Å². The lowest BCUT2D eigenvalue weighted by Crippen LogP contribution is -1.97. The number of allylic oxidation sites excluding steroid dienone is 4. The van der Waals surface area contributed by atoms with Crippen LogP contribution in [-0.4, -0.2) is 0 Å². The first-order chi connectivity index (χ1) is 21.3. The van der Waals surface area contributed by atoms with Crippen molar-refractivity contribution in [2.24, 2.45) is 0 Å². The molecule has 1 aliphatic rings. The molecular formula is C42H28O. The predicted molar refractivity (Wildman–Crippen MR) is 183 cm³/mol. The standard InChI is InChI=1S/C42H28O/c1-2-13-28(14-3-1)31-20-10-22-37-41(31)42-36(21-11-23-38(42)43-37)40-34-18-8-6-16-32(34)39(33-17-7-9-19-35(33)40)30-25-24-27-12-4-5-15-29(27)26-30/h1-13,15-26,28H,14H2. The van der Waals surface area contributed by atoms with Crippen molar-refractivity contribution >= 4 is 54.3 Å². The van der Waals surface area contributed by atoms with E-state index in [1.165, 1.54) is 70.9 Å². The minimum Gasteiger partial charge on any atom is -0.456 e. The monoisotopic (exact) mass is 548 g/mol. The maximum Gasteiger partial charge on any atom is 0.136 e. The van der Waals surface area contributed by atoms with Crippen molar-refractivity contribution in [3.8, 4) is 22.3 Å². The Kier molecular flexibility index (Phi) is 5.39. The molecule has 1 aliphatic carbocycles. The lowest BCUT2D eigenvalue weighted by molar-refractivity contribution is 0.668. The molecule has 0 bridgehead atoms. The van der Waals surface area contributed by atoms with Crippen molar-refractivity contribution in [1.29, 1.82) is 0 Å². The second-order valence-electron chi connectivity index (χ2n) is 11.6. The lowest BCUT2D eigenvalue weighted by atomic mass is 9.83. The van der Waals surface area contributed by atoms with Crippen LogP contribution < -0.4 is 0 Å². The molecule has 202 valence electrons. The molecule has 0 amide bonds.